The van der Waals surface area contributed by atoms with E-state index in [0.29, 0.717) is 6.54 Å². The van der Waals surface area contributed by atoms with Gasteiger partial charge < -0.3 is 15.2 Å². The molecule has 1 rings (SSSR count). The third kappa shape index (κ3) is 4.66. The van der Waals surface area contributed by atoms with Gasteiger partial charge in [-0.2, -0.15) is 0 Å². The van der Waals surface area contributed by atoms with Crippen molar-refractivity contribution in [2.45, 2.75) is 26.8 Å². The minimum Gasteiger partial charge on any atom is -0.314 e. The molecule has 1 aromatic heterocycles. The minimum atomic E-state index is -0.0696. The number of nitrogens with zero attached hydrogens (tertiary/aromatic N) is 2. The lowest BCUT2D eigenvalue weighted by atomic mass is 10.3. The molecule has 0 amide bonds. The quantitative estimate of drug-likeness (QED) is 0.720. The molecule has 0 atom stereocenters. The maximum Gasteiger partial charge on any atom is 0.251 e. The Morgan fingerprint density at radius 1 is 1.41 bits per heavy atom. The lowest BCUT2D eigenvalue weighted by molar-refractivity contribution is 0.305. The van der Waals surface area contributed by atoms with Crippen molar-refractivity contribution in [3.05, 3.63) is 27.9 Å². The van der Waals surface area contributed by atoms with Gasteiger partial charge in [0.25, 0.3) is 5.56 Å². The third-order valence-corrected chi connectivity index (χ3v) is 2.76. The zero-order valence-electron chi connectivity index (χ0n) is 10.9. The van der Waals surface area contributed by atoms with Crippen molar-refractivity contribution < 1.29 is 0 Å². The summed E-state index contributed by atoms with van der Waals surface area (Å²) in [7, 11) is 1.85. The molecule has 2 N–H and O–H groups in total. The van der Waals surface area contributed by atoms with E-state index >= 15 is 0 Å². The van der Waals surface area contributed by atoms with Gasteiger partial charge in [-0.15, -0.1) is 0 Å². The Balaban J connectivity index is 2.67. The molecule has 96 valence electrons. The van der Waals surface area contributed by atoms with Crippen LogP contribution in [0.2, 0.25) is 0 Å². The van der Waals surface area contributed by atoms with Crippen LogP contribution >= 0.6 is 0 Å². The smallest absolute Gasteiger partial charge is 0.251 e. The summed E-state index contributed by atoms with van der Waals surface area (Å²) in [5, 5.41) is 3.00. The van der Waals surface area contributed by atoms with Gasteiger partial charge in [-0.05, 0) is 20.1 Å². The third-order valence-electron chi connectivity index (χ3n) is 2.76. The summed E-state index contributed by atoms with van der Waals surface area (Å²) in [5.41, 5.74) is 0.727. The second-order valence-electron chi connectivity index (χ2n) is 3.99. The van der Waals surface area contributed by atoms with Gasteiger partial charge in [-0.1, -0.05) is 13.8 Å². The number of aromatic amines is 1. The Morgan fingerprint density at radius 2 is 2.12 bits per heavy atom. The topological polar surface area (TPSA) is 61.0 Å². The molecule has 5 heteroatoms. The molecule has 0 spiro atoms. The fourth-order valence-corrected chi connectivity index (χ4v) is 1.76. The van der Waals surface area contributed by atoms with Crippen LogP contribution in [-0.4, -0.2) is 41.5 Å². The lowest BCUT2D eigenvalue weighted by Crippen LogP contribution is -2.27. The van der Waals surface area contributed by atoms with E-state index in [4.69, 9.17) is 0 Å². The molecule has 0 unspecified atom stereocenters. The van der Waals surface area contributed by atoms with E-state index < -0.39 is 0 Å². The predicted molar refractivity (Wildman–Crippen MR) is 69.1 cm³/mol. The maximum atomic E-state index is 11.4. The molecule has 0 aromatic carbocycles. The van der Waals surface area contributed by atoms with Crippen molar-refractivity contribution in [2.75, 3.05) is 26.7 Å². The van der Waals surface area contributed by atoms with E-state index in [1.165, 1.54) is 6.07 Å². The molecule has 0 saturated carbocycles. The van der Waals surface area contributed by atoms with Crippen LogP contribution in [0, 0.1) is 0 Å². The van der Waals surface area contributed by atoms with E-state index in [1.807, 2.05) is 7.05 Å². The predicted octanol–water partition coefficient (Wildman–Crippen LogP) is 0.374. The van der Waals surface area contributed by atoms with E-state index in [1.54, 1.807) is 0 Å². The first-order valence-corrected chi connectivity index (χ1v) is 6.15. The summed E-state index contributed by atoms with van der Waals surface area (Å²) in [6.07, 6.45) is 0.786. The molecule has 0 aliphatic heterocycles. The fourth-order valence-electron chi connectivity index (χ4n) is 1.76. The normalized spacial score (nSPS) is 11.1. The highest BCUT2D eigenvalue weighted by molar-refractivity contribution is 5.02. The van der Waals surface area contributed by atoms with Gasteiger partial charge in [0.2, 0.25) is 0 Å². The first kappa shape index (κ1) is 13.9. The first-order chi connectivity index (χ1) is 8.19. The van der Waals surface area contributed by atoms with Gasteiger partial charge in [0.15, 0.2) is 0 Å². The highest BCUT2D eigenvalue weighted by Crippen LogP contribution is 1.96. The number of H-pyrrole nitrogens is 1. The highest BCUT2D eigenvalue weighted by atomic mass is 16.1. The van der Waals surface area contributed by atoms with Gasteiger partial charge in [0, 0.05) is 25.6 Å². The summed E-state index contributed by atoms with van der Waals surface area (Å²) in [5.74, 6) is 0.773. The summed E-state index contributed by atoms with van der Waals surface area (Å²) in [4.78, 5) is 21.0. The number of hydrogen-bond donors (Lipinski definition) is 2. The molecular formula is C12H22N4O. The van der Waals surface area contributed by atoms with Gasteiger partial charge in [0.1, 0.15) is 5.82 Å². The zero-order chi connectivity index (χ0) is 12.7. The average Bonchev–Trinajstić information content (AvgIpc) is 2.30. The van der Waals surface area contributed by atoms with E-state index in [0.717, 1.165) is 37.6 Å². The molecule has 0 aliphatic rings. The number of aromatic nitrogens is 2. The molecule has 1 heterocycles. The van der Waals surface area contributed by atoms with Crippen molar-refractivity contribution in [1.82, 2.24) is 20.2 Å². The Kier molecular flexibility index (Phi) is 5.86. The Morgan fingerprint density at radius 3 is 2.71 bits per heavy atom. The van der Waals surface area contributed by atoms with Gasteiger partial charge in [0.05, 0.1) is 5.69 Å². The van der Waals surface area contributed by atoms with Crippen LogP contribution in [0.25, 0.3) is 0 Å². The van der Waals surface area contributed by atoms with Gasteiger partial charge in [-0.3, -0.25) is 4.79 Å². The molecule has 1 aromatic rings. The van der Waals surface area contributed by atoms with Crippen LogP contribution in [0.5, 0.6) is 0 Å². The second-order valence-corrected chi connectivity index (χ2v) is 3.99. The Hall–Kier alpha value is -1.20. The van der Waals surface area contributed by atoms with Crippen molar-refractivity contribution in [3.63, 3.8) is 0 Å². The zero-order valence-corrected chi connectivity index (χ0v) is 10.9. The molecular weight excluding hydrogens is 216 g/mol. The van der Waals surface area contributed by atoms with Gasteiger partial charge >= 0.3 is 0 Å². The Labute approximate surface area is 102 Å². The molecule has 0 fully saturated rings. The largest absolute Gasteiger partial charge is 0.314 e. The van der Waals surface area contributed by atoms with Crippen LogP contribution in [0.15, 0.2) is 10.9 Å². The molecule has 0 bridgehead atoms. The van der Waals surface area contributed by atoms with Crippen LogP contribution in [-0.2, 0) is 13.0 Å². The maximum absolute atomic E-state index is 11.4. The molecule has 0 radical (unpaired) electrons. The number of rotatable bonds is 7. The number of likely N-dealkylation sites (N-methyl/N-ethyl adjacent to an activating group) is 1. The molecule has 17 heavy (non-hydrogen) atoms. The fraction of sp³-hybridized carbons (Fsp3) is 0.667. The summed E-state index contributed by atoms with van der Waals surface area (Å²) < 4.78 is 0. The van der Waals surface area contributed by atoms with Crippen molar-refractivity contribution in [3.8, 4) is 0 Å². The highest BCUT2D eigenvalue weighted by Gasteiger charge is 2.04. The van der Waals surface area contributed by atoms with E-state index in [-0.39, 0.29) is 5.56 Å². The SMILES string of the molecule is CCN(CC)CCc1nc(CNC)cc(=O)[nH]1. The number of nitrogens with one attached hydrogen (secondary N) is 2. The van der Waals surface area contributed by atoms with Crippen LogP contribution in [0.3, 0.4) is 0 Å². The summed E-state index contributed by atoms with van der Waals surface area (Å²) in [6, 6.07) is 1.54. The second kappa shape index (κ2) is 7.19. The summed E-state index contributed by atoms with van der Waals surface area (Å²) in [6.45, 7) is 7.88. The van der Waals surface area contributed by atoms with Crippen molar-refractivity contribution in [1.29, 1.82) is 0 Å². The van der Waals surface area contributed by atoms with Crippen LogP contribution in [0.1, 0.15) is 25.4 Å². The Bertz CT molecular complexity index is 384. The number of hydrogen-bond acceptors (Lipinski definition) is 4. The lowest BCUT2D eigenvalue weighted by Gasteiger charge is -2.17. The minimum absolute atomic E-state index is 0.0696. The van der Waals surface area contributed by atoms with Crippen LogP contribution < -0.4 is 10.9 Å². The van der Waals surface area contributed by atoms with E-state index in [9.17, 15) is 4.79 Å². The molecule has 5 nitrogen and oxygen atoms in total. The van der Waals surface area contributed by atoms with Crippen molar-refractivity contribution in [2.24, 2.45) is 0 Å². The molecule has 0 saturated heterocycles. The summed E-state index contributed by atoms with van der Waals surface area (Å²) >= 11 is 0. The van der Waals surface area contributed by atoms with Crippen LogP contribution in [0.4, 0.5) is 0 Å². The van der Waals surface area contributed by atoms with E-state index in [2.05, 4.69) is 34.0 Å². The molecule has 0 aliphatic carbocycles. The first-order valence-electron chi connectivity index (χ1n) is 6.15. The van der Waals surface area contributed by atoms with Crippen molar-refractivity contribution >= 4 is 0 Å². The van der Waals surface area contributed by atoms with Gasteiger partial charge in [-0.25, -0.2) is 4.98 Å². The average molecular weight is 238 g/mol. The standard InChI is InChI=1S/C12H22N4O/c1-4-16(5-2)7-6-11-14-10(9-13-3)8-12(17)15-11/h8,13H,4-7,9H2,1-3H3,(H,14,15,17). The monoisotopic (exact) mass is 238 g/mol.